The van der Waals surface area contributed by atoms with E-state index in [1.165, 1.54) is 0 Å². The predicted molar refractivity (Wildman–Crippen MR) is 55.5 cm³/mol. The van der Waals surface area contributed by atoms with Gasteiger partial charge in [-0.15, -0.1) is 0 Å². The Morgan fingerprint density at radius 2 is 1.86 bits per heavy atom. The van der Waals surface area contributed by atoms with Gasteiger partial charge in [0.2, 0.25) is 5.91 Å². The first-order chi connectivity index (χ1) is 6.66. The summed E-state index contributed by atoms with van der Waals surface area (Å²) in [4.78, 5) is 23.3. The number of hydrogen-bond donors (Lipinski definition) is 0. The molecule has 2 amide bonds. The zero-order valence-electron chi connectivity index (χ0n) is 7.74. The highest BCUT2D eigenvalue weighted by atomic mass is 35.5. The molecule has 0 heterocycles. The normalized spacial score (nSPS) is 9.57. The molecule has 1 rings (SSSR count). The van der Waals surface area contributed by atoms with Crippen molar-refractivity contribution in [2.45, 2.75) is 13.3 Å². The second-order valence-electron chi connectivity index (χ2n) is 2.67. The SMILES string of the molecule is CCC(=O)N(C(=O)Cl)c1ccccc1. The third kappa shape index (κ3) is 2.33. The largest absolute Gasteiger partial charge is 0.327 e. The molecule has 74 valence electrons. The summed E-state index contributed by atoms with van der Waals surface area (Å²) < 4.78 is 0. The van der Waals surface area contributed by atoms with Gasteiger partial charge in [0.15, 0.2) is 0 Å². The first kappa shape index (κ1) is 10.7. The summed E-state index contributed by atoms with van der Waals surface area (Å²) in [6.07, 6.45) is 0.243. The number of anilines is 1. The van der Waals surface area contributed by atoms with E-state index >= 15 is 0 Å². The van der Waals surface area contributed by atoms with Crippen LogP contribution in [0, 0.1) is 0 Å². The summed E-state index contributed by atoms with van der Waals surface area (Å²) in [5.74, 6) is -0.309. The molecule has 14 heavy (non-hydrogen) atoms. The number of halogens is 1. The molecule has 0 saturated carbocycles. The number of carbonyl (C=O) groups excluding carboxylic acids is 2. The average molecular weight is 212 g/mol. The lowest BCUT2D eigenvalue weighted by atomic mass is 10.3. The Bertz CT molecular complexity index is 337. The number of amides is 2. The molecule has 0 aliphatic heterocycles. The van der Waals surface area contributed by atoms with Crippen molar-refractivity contribution in [2.24, 2.45) is 0 Å². The number of benzene rings is 1. The van der Waals surface area contributed by atoms with Crippen molar-refractivity contribution in [2.75, 3.05) is 4.90 Å². The Morgan fingerprint density at radius 3 is 2.29 bits per heavy atom. The molecular formula is C10H10ClNO2. The van der Waals surface area contributed by atoms with Gasteiger partial charge in [0, 0.05) is 6.42 Å². The second kappa shape index (κ2) is 4.77. The van der Waals surface area contributed by atoms with E-state index < -0.39 is 5.37 Å². The maximum absolute atomic E-state index is 11.4. The van der Waals surface area contributed by atoms with Gasteiger partial charge in [0.1, 0.15) is 0 Å². The van der Waals surface area contributed by atoms with Gasteiger partial charge in [-0.3, -0.25) is 9.59 Å². The number of imide groups is 1. The van der Waals surface area contributed by atoms with Crippen molar-refractivity contribution in [3.63, 3.8) is 0 Å². The lowest BCUT2D eigenvalue weighted by Gasteiger charge is -2.16. The fraction of sp³-hybridized carbons (Fsp3) is 0.200. The molecule has 3 nitrogen and oxygen atoms in total. The standard InChI is InChI=1S/C10H10ClNO2/c1-2-9(13)12(10(11)14)8-6-4-3-5-7-8/h3-7H,2H2,1H3. The van der Waals surface area contributed by atoms with Gasteiger partial charge in [-0.2, -0.15) is 0 Å². The molecule has 0 aliphatic rings. The average Bonchev–Trinajstić information content (AvgIpc) is 2.19. The third-order valence-corrected chi connectivity index (χ3v) is 1.91. The highest BCUT2D eigenvalue weighted by Gasteiger charge is 2.19. The number of hydrogen-bond acceptors (Lipinski definition) is 2. The second-order valence-corrected chi connectivity index (χ2v) is 2.99. The highest BCUT2D eigenvalue weighted by Crippen LogP contribution is 2.16. The van der Waals surface area contributed by atoms with Crippen molar-refractivity contribution in [3.8, 4) is 0 Å². The molecule has 0 N–H and O–H groups in total. The van der Waals surface area contributed by atoms with Gasteiger partial charge in [-0.05, 0) is 23.7 Å². The van der Waals surface area contributed by atoms with Crippen molar-refractivity contribution < 1.29 is 9.59 Å². The smallest absolute Gasteiger partial charge is 0.274 e. The minimum absolute atomic E-state index is 0.243. The number of carbonyl (C=O) groups is 2. The van der Waals surface area contributed by atoms with Gasteiger partial charge in [-0.25, -0.2) is 4.90 Å². The van der Waals surface area contributed by atoms with E-state index in [1.807, 2.05) is 0 Å². The van der Waals surface area contributed by atoms with E-state index in [1.54, 1.807) is 37.3 Å². The van der Waals surface area contributed by atoms with Crippen LogP contribution in [0.15, 0.2) is 30.3 Å². The topological polar surface area (TPSA) is 37.4 Å². The fourth-order valence-corrected chi connectivity index (χ4v) is 1.27. The fourth-order valence-electron chi connectivity index (χ4n) is 1.08. The van der Waals surface area contributed by atoms with Crippen LogP contribution in [-0.4, -0.2) is 11.3 Å². The van der Waals surface area contributed by atoms with Crippen molar-refractivity contribution in [3.05, 3.63) is 30.3 Å². The van der Waals surface area contributed by atoms with Crippen LogP contribution < -0.4 is 4.90 Å². The molecule has 0 fully saturated rings. The van der Waals surface area contributed by atoms with Crippen LogP contribution in [-0.2, 0) is 4.79 Å². The van der Waals surface area contributed by atoms with Crippen LogP contribution in [0.5, 0.6) is 0 Å². The molecule has 0 radical (unpaired) electrons. The number of rotatable bonds is 2. The first-order valence-corrected chi connectivity index (χ1v) is 4.62. The lowest BCUT2D eigenvalue weighted by Crippen LogP contribution is -2.32. The van der Waals surface area contributed by atoms with Crippen molar-refractivity contribution in [1.29, 1.82) is 0 Å². The zero-order valence-corrected chi connectivity index (χ0v) is 8.49. The van der Waals surface area contributed by atoms with Gasteiger partial charge in [0.25, 0.3) is 0 Å². The van der Waals surface area contributed by atoms with Crippen LogP contribution in [0.4, 0.5) is 10.5 Å². The lowest BCUT2D eigenvalue weighted by molar-refractivity contribution is -0.117. The summed E-state index contributed by atoms with van der Waals surface area (Å²) >= 11 is 5.32. The summed E-state index contributed by atoms with van der Waals surface area (Å²) in [5.41, 5.74) is 0.499. The van der Waals surface area contributed by atoms with Crippen molar-refractivity contribution >= 4 is 28.6 Å². The molecule has 0 spiro atoms. The van der Waals surface area contributed by atoms with Gasteiger partial charge < -0.3 is 0 Å². The van der Waals surface area contributed by atoms with Crippen LogP contribution >= 0.6 is 11.6 Å². The van der Waals surface area contributed by atoms with E-state index in [0.717, 1.165) is 4.90 Å². The molecule has 4 heteroatoms. The molecule has 0 aromatic heterocycles. The Labute approximate surface area is 87.3 Å². The van der Waals surface area contributed by atoms with E-state index in [-0.39, 0.29) is 12.3 Å². The van der Waals surface area contributed by atoms with Crippen LogP contribution in [0.1, 0.15) is 13.3 Å². The first-order valence-electron chi connectivity index (χ1n) is 4.24. The van der Waals surface area contributed by atoms with Gasteiger partial charge >= 0.3 is 5.37 Å². The van der Waals surface area contributed by atoms with Crippen molar-refractivity contribution in [1.82, 2.24) is 0 Å². The van der Waals surface area contributed by atoms with E-state index in [0.29, 0.717) is 5.69 Å². The molecule has 1 aromatic rings. The highest BCUT2D eigenvalue weighted by molar-refractivity contribution is 6.68. The Kier molecular flexibility index (Phi) is 3.65. The van der Waals surface area contributed by atoms with E-state index in [4.69, 9.17) is 11.6 Å². The molecule has 0 unspecified atom stereocenters. The monoisotopic (exact) mass is 211 g/mol. The molecule has 0 saturated heterocycles. The summed E-state index contributed by atoms with van der Waals surface area (Å²) in [5, 5.41) is -0.775. The minimum atomic E-state index is -0.775. The molecule has 0 bridgehead atoms. The minimum Gasteiger partial charge on any atom is -0.274 e. The number of nitrogens with zero attached hydrogens (tertiary/aromatic N) is 1. The Morgan fingerprint density at radius 1 is 1.29 bits per heavy atom. The van der Waals surface area contributed by atoms with Gasteiger partial charge in [-0.1, -0.05) is 25.1 Å². The summed E-state index contributed by atoms with van der Waals surface area (Å²) in [6, 6.07) is 8.61. The summed E-state index contributed by atoms with van der Waals surface area (Å²) in [6.45, 7) is 1.68. The molecule has 0 atom stereocenters. The Balaban J connectivity index is 3.01. The summed E-state index contributed by atoms with van der Waals surface area (Å²) in [7, 11) is 0. The maximum atomic E-state index is 11.4. The van der Waals surface area contributed by atoms with Crippen LogP contribution in [0.3, 0.4) is 0 Å². The van der Waals surface area contributed by atoms with Crippen LogP contribution in [0.2, 0.25) is 0 Å². The number of para-hydroxylation sites is 1. The maximum Gasteiger partial charge on any atom is 0.327 e. The molecular weight excluding hydrogens is 202 g/mol. The van der Waals surface area contributed by atoms with E-state index in [2.05, 4.69) is 0 Å². The van der Waals surface area contributed by atoms with Gasteiger partial charge in [0.05, 0.1) is 5.69 Å². The predicted octanol–water partition coefficient (Wildman–Crippen LogP) is 2.79. The van der Waals surface area contributed by atoms with E-state index in [9.17, 15) is 9.59 Å². The molecule has 0 aliphatic carbocycles. The quantitative estimate of drug-likeness (QED) is 0.557. The zero-order chi connectivity index (χ0) is 10.6. The molecule has 1 aromatic carbocycles. The van der Waals surface area contributed by atoms with Crippen LogP contribution in [0.25, 0.3) is 0 Å². The third-order valence-electron chi connectivity index (χ3n) is 1.74. The Hall–Kier alpha value is -1.35.